The minimum atomic E-state index is -0.221. The summed E-state index contributed by atoms with van der Waals surface area (Å²) < 4.78 is 6.23. The molecule has 0 aromatic heterocycles. The van der Waals surface area contributed by atoms with Crippen LogP contribution in [0.5, 0.6) is 11.5 Å². The fraction of sp³-hybridized carbons (Fsp3) is 0.483. The van der Waals surface area contributed by atoms with E-state index in [1.807, 2.05) is 19.2 Å². The Balaban J connectivity index is 2.70. The molecule has 0 fully saturated rings. The molecule has 180 valence electrons. The zero-order valence-corrected chi connectivity index (χ0v) is 21.6. The molecule has 0 atom stereocenters. The van der Waals surface area contributed by atoms with Gasteiger partial charge in [-0.1, -0.05) is 48.5 Å². The topological polar surface area (TPSA) is 58.6 Å². The molecule has 0 unspecified atom stereocenters. The third kappa shape index (κ3) is 5.98. The third-order valence-electron chi connectivity index (χ3n) is 6.82. The summed E-state index contributed by atoms with van der Waals surface area (Å²) in [5.74, 6) is 0.750. The normalized spacial score (nSPS) is 12.2. The van der Waals surface area contributed by atoms with E-state index in [0.717, 1.165) is 36.1 Å². The maximum absolute atomic E-state index is 12.9. The van der Waals surface area contributed by atoms with Crippen LogP contribution in [0.4, 0.5) is 5.69 Å². The number of hydrogen-bond donors (Lipinski definition) is 2. The van der Waals surface area contributed by atoms with Gasteiger partial charge in [-0.15, -0.1) is 0 Å². The molecular formula is C29H41NO3. The molecule has 2 aromatic rings. The van der Waals surface area contributed by atoms with E-state index in [9.17, 15) is 9.90 Å². The van der Waals surface area contributed by atoms with Crippen molar-refractivity contribution in [3.63, 3.8) is 0 Å². The summed E-state index contributed by atoms with van der Waals surface area (Å²) in [5.41, 5.74) is 3.71. The van der Waals surface area contributed by atoms with E-state index in [1.165, 1.54) is 6.08 Å². The lowest BCUT2D eigenvalue weighted by Gasteiger charge is -2.32. The number of carbonyl (C=O) groups is 1. The highest BCUT2D eigenvalue weighted by molar-refractivity contribution is 6.07. The number of ketones is 1. The highest BCUT2D eigenvalue weighted by Crippen LogP contribution is 2.47. The molecule has 0 aliphatic carbocycles. The summed E-state index contributed by atoms with van der Waals surface area (Å²) in [6.07, 6.45) is 5.91. The van der Waals surface area contributed by atoms with Crippen molar-refractivity contribution in [2.45, 2.75) is 78.6 Å². The first-order valence-corrected chi connectivity index (χ1v) is 12.1. The number of carbonyl (C=O) groups excluding carboxylic acids is 1. The van der Waals surface area contributed by atoms with Gasteiger partial charge in [0.15, 0.2) is 5.78 Å². The maximum Gasteiger partial charge on any atom is 0.185 e. The fourth-order valence-electron chi connectivity index (χ4n) is 3.65. The number of phenols is 1. The van der Waals surface area contributed by atoms with Crippen LogP contribution in [0.1, 0.15) is 94.8 Å². The van der Waals surface area contributed by atoms with Gasteiger partial charge < -0.3 is 15.2 Å². The molecule has 0 amide bonds. The van der Waals surface area contributed by atoms with Gasteiger partial charge in [-0.2, -0.15) is 0 Å². The van der Waals surface area contributed by atoms with Crippen LogP contribution in [0, 0.1) is 0 Å². The van der Waals surface area contributed by atoms with Crippen molar-refractivity contribution in [3.8, 4) is 11.5 Å². The molecule has 4 nitrogen and oxygen atoms in total. The second-order valence-corrected chi connectivity index (χ2v) is 9.91. The first kappa shape index (κ1) is 26.5. The lowest BCUT2D eigenvalue weighted by molar-refractivity contribution is 0.104. The number of ether oxygens (including phenoxy) is 1. The number of anilines is 1. The quantitative estimate of drug-likeness (QED) is 0.274. The molecule has 0 aliphatic heterocycles. The Labute approximate surface area is 200 Å². The minimum Gasteiger partial charge on any atom is -0.507 e. The number of aromatic hydroxyl groups is 1. The first-order valence-electron chi connectivity index (χ1n) is 12.1. The number of phenolic OH excluding ortho intramolecular Hbond substituents is 1. The number of benzene rings is 2. The predicted octanol–water partition coefficient (Wildman–Crippen LogP) is 7.49. The van der Waals surface area contributed by atoms with E-state index in [2.05, 4.69) is 59.8 Å². The average Bonchev–Trinajstić information content (AvgIpc) is 2.81. The van der Waals surface area contributed by atoms with Crippen molar-refractivity contribution in [1.29, 1.82) is 0 Å². The molecule has 33 heavy (non-hydrogen) atoms. The van der Waals surface area contributed by atoms with E-state index in [1.54, 1.807) is 18.2 Å². The Hall–Kier alpha value is -2.75. The molecule has 0 saturated heterocycles. The molecule has 2 aromatic carbocycles. The van der Waals surface area contributed by atoms with Crippen LogP contribution in [0.25, 0.3) is 6.08 Å². The molecule has 0 saturated carbocycles. The van der Waals surface area contributed by atoms with Gasteiger partial charge >= 0.3 is 0 Å². The summed E-state index contributed by atoms with van der Waals surface area (Å²) in [6.45, 7) is 15.6. The van der Waals surface area contributed by atoms with Crippen molar-refractivity contribution >= 4 is 17.5 Å². The predicted molar refractivity (Wildman–Crippen MR) is 140 cm³/mol. The van der Waals surface area contributed by atoms with Crippen LogP contribution in [0.3, 0.4) is 0 Å². The number of nitrogens with one attached hydrogen (secondary N) is 1. The zero-order chi connectivity index (χ0) is 24.8. The van der Waals surface area contributed by atoms with Crippen molar-refractivity contribution in [2.24, 2.45) is 0 Å². The zero-order valence-electron chi connectivity index (χ0n) is 21.6. The Morgan fingerprint density at radius 2 is 1.58 bits per heavy atom. The number of rotatable bonds is 11. The van der Waals surface area contributed by atoms with Crippen LogP contribution >= 0.6 is 0 Å². The average molecular weight is 452 g/mol. The van der Waals surface area contributed by atoms with Gasteiger partial charge in [-0.05, 0) is 72.6 Å². The highest BCUT2D eigenvalue weighted by atomic mass is 16.5. The standard InChI is InChI=1S/C29H41NO3/c1-9-18-33-27-22(16-17-25(31)20-12-14-21(30-8)15-13-20)26(32)23(28(4,5)10-2)19-24(27)29(6,7)11-3/h12-17,19,30,32H,9-11,18H2,1-8H3/b17-16+. The van der Waals surface area contributed by atoms with Crippen LogP contribution in [0.15, 0.2) is 36.4 Å². The Morgan fingerprint density at radius 1 is 1.00 bits per heavy atom. The Morgan fingerprint density at radius 3 is 2.09 bits per heavy atom. The van der Waals surface area contributed by atoms with Crippen molar-refractivity contribution in [1.82, 2.24) is 0 Å². The molecule has 0 radical (unpaired) electrons. The summed E-state index contributed by atoms with van der Waals surface area (Å²) in [7, 11) is 1.84. The summed E-state index contributed by atoms with van der Waals surface area (Å²) in [4.78, 5) is 12.9. The second kappa shape index (κ2) is 10.9. The number of allylic oxidation sites excluding steroid dienone is 1. The molecule has 0 heterocycles. The van der Waals surface area contributed by atoms with Gasteiger partial charge in [-0.3, -0.25) is 4.79 Å². The van der Waals surface area contributed by atoms with Gasteiger partial charge in [0.2, 0.25) is 0 Å². The van der Waals surface area contributed by atoms with E-state index < -0.39 is 0 Å². The Bertz CT molecular complexity index is 985. The number of hydrogen-bond acceptors (Lipinski definition) is 4. The van der Waals surface area contributed by atoms with Crippen LogP contribution in [0.2, 0.25) is 0 Å². The lowest BCUT2D eigenvalue weighted by Crippen LogP contribution is -2.22. The fourth-order valence-corrected chi connectivity index (χ4v) is 3.65. The maximum atomic E-state index is 12.9. The van der Waals surface area contributed by atoms with Gasteiger partial charge in [0.1, 0.15) is 11.5 Å². The second-order valence-electron chi connectivity index (χ2n) is 9.91. The summed E-state index contributed by atoms with van der Waals surface area (Å²) >= 11 is 0. The van der Waals surface area contributed by atoms with Gasteiger partial charge in [0, 0.05) is 29.4 Å². The van der Waals surface area contributed by atoms with Crippen molar-refractivity contribution in [2.75, 3.05) is 19.0 Å². The lowest BCUT2D eigenvalue weighted by atomic mass is 9.74. The van der Waals surface area contributed by atoms with Crippen molar-refractivity contribution in [3.05, 3.63) is 58.7 Å². The van der Waals surface area contributed by atoms with E-state index in [-0.39, 0.29) is 22.4 Å². The van der Waals surface area contributed by atoms with Crippen LogP contribution in [-0.2, 0) is 10.8 Å². The molecule has 2 N–H and O–H groups in total. The van der Waals surface area contributed by atoms with Gasteiger partial charge in [-0.25, -0.2) is 0 Å². The van der Waals surface area contributed by atoms with Gasteiger partial charge in [0.05, 0.1) is 12.2 Å². The molecular weight excluding hydrogens is 410 g/mol. The largest absolute Gasteiger partial charge is 0.507 e. The minimum absolute atomic E-state index is 0.116. The molecule has 0 aliphatic rings. The molecule has 4 heteroatoms. The van der Waals surface area contributed by atoms with Crippen LogP contribution < -0.4 is 10.1 Å². The monoisotopic (exact) mass is 451 g/mol. The SMILES string of the molecule is CCCOc1c(C(C)(C)CC)cc(C(C)(C)CC)c(O)c1/C=C/C(=O)c1ccc(NC)cc1. The first-order chi connectivity index (χ1) is 15.5. The van der Waals surface area contributed by atoms with E-state index in [4.69, 9.17) is 4.74 Å². The van der Waals surface area contributed by atoms with E-state index >= 15 is 0 Å². The Kier molecular flexibility index (Phi) is 8.76. The summed E-state index contributed by atoms with van der Waals surface area (Å²) in [6, 6.07) is 9.47. The summed E-state index contributed by atoms with van der Waals surface area (Å²) in [5, 5.41) is 14.5. The molecule has 0 bridgehead atoms. The molecule has 0 spiro atoms. The van der Waals surface area contributed by atoms with Crippen molar-refractivity contribution < 1.29 is 14.6 Å². The highest BCUT2D eigenvalue weighted by Gasteiger charge is 2.32. The van der Waals surface area contributed by atoms with Gasteiger partial charge in [0.25, 0.3) is 0 Å². The van der Waals surface area contributed by atoms with E-state index in [0.29, 0.717) is 23.5 Å². The smallest absolute Gasteiger partial charge is 0.185 e. The third-order valence-corrected chi connectivity index (χ3v) is 6.82. The van der Waals surface area contributed by atoms with Crippen LogP contribution in [-0.4, -0.2) is 24.5 Å². The molecule has 2 rings (SSSR count).